The van der Waals surface area contributed by atoms with Crippen LogP contribution in [0.5, 0.6) is 0 Å². The zero-order chi connectivity index (χ0) is 11.7. The van der Waals surface area contributed by atoms with E-state index in [1.165, 1.54) is 0 Å². The fourth-order valence-corrected chi connectivity index (χ4v) is 1.98. The summed E-state index contributed by atoms with van der Waals surface area (Å²) in [5.74, 6) is 0.658. The van der Waals surface area contributed by atoms with Gasteiger partial charge in [0.15, 0.2) is 5.82 Å². The summed E-state index contributed by atoms with van der Waals surface area (Å²) in [6.45, 7) is 3.86. The highest BCUT2D eigenvalue weighted by molar-refractivity contribution is 9.10. The number of aromatic nitrogens is 4. The number of nitrogens with zero attached hydrogens (tertiary/aromatic N) is 4. The van der Waals surface area contributed by atoms with Crippen molar-refractivity contribution in [1.29, 1.82) is 0 Å². The molecule has 0 radical (unpaired) electrons. The Balaban J connectivity index is 2.54. The number of tetrazole rings is 1. The average molecular weight is 282 g/mol. The Morgan fingerprint density at radius 3 is 2.81 bits per heavy atom. The first kappa shape index (κ1) is 11.2. The maximum atomic E-state index is 5.80. The number of rotatable bonds is 2. The SMILES string of the molecule is Cc1cc(Br)ccc1-n1nnnc1C(C)N. The molecule has 0 aliphatic heterocycles. The second-order valence-electron chi connectivity index (χ2n) is 3.67. The molecule has 2 rings (SSSR count). The van der Waals surface area contributed by atoms with E-state index in [4.69, 9.17) is 5.73 Å². The maximum absolute atomic E-state index is 5.80. The molecular formula is C10H12BrN5. The molecule has 84 valence electrons. The number of hydrogen-bond acceptors (Lipinski definition) is 4. The van der Waals surface area contributed by atoms with Crippen molar-refractivity contribution in [1.82, 2.24) is 20.2 Å². The van der Waals surface area contributed by atoms with Gasteiger partial charge in [0, 0.05) is 4.47 Å². The van der Waals surface area contributed by atoms with E-state index < -0.39 is 0 Å². The first-order valence-electron chi connectivity index (χ1n) is 4.90. The topological polar surface area (TPSA) is 69.6 Å². The lowest BCUT2D eigenvalue weighted by Gasteiger charge is -2.09. The van der Waals surface area contributed by atoms with Crippen LogP contribution in [0.2, 0.25) is 0 Å². The second-order valence-corrected chi connectivity index (χ2v) is 4.58. The summed E-state index contributed by atoms with van der Waals surface area (Å²) in [7, 11) is 0. The fraction of sp³-hybridized carbons (Fsp3) is 0.300. The number of hydrogen-bond donors (Lipinski definition) is 1. The Bertz CT molecular complexity index is 506. The highest BCUT2D eigenvalue weighted by Crippen LogP contribution is 2.20. The molecule has 6 heteroatoms. The molecule has 0 amide bonds. The average Bonchev–Trinajstić information content (AvgIpc) is 2.66. The second kappa shape index (κ2) is 4.31. The lowest BCUT2D eigenvalue weighted by molar-refractivity contribution is 0.686. The first-order valence-corrected chi connectivity index (χ1v) is 5.69. The summed E-state index contributed by atoms with van der Waals surface area (Å²) in [6, 6.07) is 5.73. The largest absolute Gasteiger partial charge is 0.321 e. The number of nitrogens with two attached hydrogens (primary N) is 1. The van der Waals surface area contributed by atoms with Gasteiger partial charge in [-0.05, 0) is 48.0 Å². The predicted octanol–water partition coefficient (Wildman–Crippen LogP) is 1.75. The molecule has 0 saturated heterocycles. The van der Waals surface area contributed by atoms with Gasteiger partial charge in [-0.25, -0.2) is 0 Å². The third-order valence-electron chi connectivity index (χ3n) is 2.29. The van der Waals surface area contributed by atoms with Gasteiger partial charge in [-0.2, -0.15) is 4.68 Å². The van der Waals surface area contributed by atoms with Crippen molar-refractivity contribution in [3.8, 4) is 5.69 Å². The van der Waals surface area contributed by atoms with Crippen LogP contribution < -0.4 is 5.73 Å². The summed E-state index contributed by atoms with van der Waals surface area (Å²) >= 11 is 3.42. The van der Waals surface area contributed by atoms with Crippen LogP contribution in [0.4, 0.5) is 0 Å². The number of benzene rings is 1. The Kier molecular flexibility index (Phi) is 3.02. The molecule has 0 aliphatic carbocycles. The Morgan fingerprint density at radius 2 is 2.19 bits per heavy atom. The van der Waals surface area contributed by atoms with Crippen LogP contribution in [-0.2, 0) is 0 Å². The van der Waals surface area contributed by atoms with Crippen molar-refractivity contribution in [2.45, 2.75) is 19.9 Å². The van der Waals surface area contributed by atoms with E-state index in [-0.39, 0.29) is 6.04 Å². The van der Waals surface area contributed by atoms with E-state index in [1.807, 2.05) is 32.0 Å². The van der Waals surface area contributed by atoms with E-state index in [9.17, 15) is 0 Å². The molecule has 0 bridgehead atoms. The van der Waals surface area contributed by atoms with Crippen molar-refractivity contribution in [2.24, 2.45) is 5.73 Å². The van der Waals surface area contributed by atoms with Crippen LogP contribution in [-0.4, -0.2) is 20.2 Å². The van der Waals surface area contributed by atoms with Crippen LogP contribution in [0.3, 0.4) is 0 Å². The van der Waals surface area contributed by atoms with Gasteiger partial charge in [-0.1, -0.05) is 15.9 Å². The minimum Gasteiger partial charge on any atom is -0.321 e. The molecule has 16 heavy (non-hydrogen) atoms. The van der Waals surface area contributed by atoms with Gasteiger partial charge >= 0.3 is 0 Å². The first-order chi connectivity index (χ1) is 7.59. The predicted molar refractivity (Wildman–Crippen MR) is 64.2 cm³/mol. The summed E-state index contributed by atoms with van der Waals surface area (Å²) < 4.78 is 2.70. The summed E-state index contributed by atoms with van der Waals surface area (Å²) in [5.41, 5.74) is 7.84. The third-order valence-corrected chi connectivity index (χ3v) is 2.78. The van der Waals surface area contributed by atoms with Gasteiger partial charge in [-0.3, -0.25) is 0 Å². The fourth-order valence-electron chi connectivity index (χ4n) is 1.51. The van der Waals surface area contributed by atoms with Gasteiger partial charge in [0.25, 0.3) is 0 Å². The Labute approximate surface area is 102 Å². The molecule has 0 spiro atoms. The number of halogens is 1. The highest BCUT2D eigenvalue weighted by atomic mass is 79.9. The van der Waals surface area contributed by atoms with Crippen molar-refractivity contribution < 1.29 is 0 Å². The molecule has 0 fully saturated rings. The summed E-state index contributed by atoms with van der Waals surface area (Å²) in [5, 5.41) is 11.5. The minimum atomic E-state index is -0.196. The van der Waals surface area contributed by atoms with Gasteiger partial charge in [0.1, 0.15) is 0 Å². The smallest absolute Gasteiger partial charge is 0.173 e. The van der Waals surface area contributed by atoms with Crippen LogP contribution in [0.15, 0.2) is 22.7 Å². The van der Waals surface area contributed by atoms with Gasteiger partial charge < -0.3 is 5.73 Å². The molecule has 0 saturated carbocycles. The minimum absolute atomic E-state index is 0.196. The van der Waals surface area contributed by atoms with Crippen molar-refractivity contribution in [3.05, 3.63) is 34.1 Å². The molecule has 1 heterocycles. The molecular weight excluding hydrogens is 270 g/mol. The third kappa shape index (κ3) is 1.98. The van der Waals surface area contributed by atoms with E-state index in [0.29, 0.717) is 5.82 Å². The lowest BCUT2D eigenvalue weighted by atomic mass is 10.2. The van der Waals surface area contributed by atoms with Crippen molar-refractivity contribution in [3.63, 3.8) is 0 Å². The van der Waals surface area contributed by atoms with Crippen molar-refractivity contribution in [2.75, 3.05) is 0 Å². The molecule has 1 unspecified atom stereocenters. The lowest BCUT2D eigenvalue weighted by Crippen LogP contribution is -2.14. The van der Waals surface area contributed by atoms with Gasteiger partial charge in [0.2, 0.25) is 0 Å². The van der Waals surface area contributed by atoms with Crippen LogP contribution in [0.1, 0.15) is 24.4 Å². The normalized spacial score (nSPS) is 12.8. The quantitative estimate of drug-likeness (QED) is 0.911. The Hall–Kier alpha value is -1.27. The Morgan fingerprint density at radius 1 is 1.44 bits per heavy atom. The standard InChI is InChI=1S/C10H12BrN5/c1-6-5-8(11)3-4-9(6)16-10(7(2)12)13-14-15-16/h3-5,7H,12H2,1-2H3. The summed E-state index contributed by atoms with van der Waals surface area (Å²) in [4.78, 5) is 0. The molecule has 1 aromatic carbocycles. The molecule has 1 aromatic heterocycles. The van der Waals surface area contributed by atoms with Gasteiger partial charge in [-0.15, -0.1) is 5.10 Å². The molecule has 0 aliphatic rings. The zero-order valence-corrected chi connectivity index (χ0v) is 10.6. The molecule has 2 N–H and O–H groups in total. The van der Waals surface area contributed by atoms with Crippen LogP contribution in [0.25, 0.3) is 5.69 Å². The maximum Gasteiger partial charge on any atom is 0.173 e. The van der Waals surface area contributed by atoms with E-state index in [0.717, 1.165) is 15.7 Å². The van der Waals surface area contributed by atoms with E-state index in [1.54, 1.807) is 4.68 Å². The zero-order valence-electron chi connectivity index (χ0n) is 9.05. The number of aryl methyl sites for hydroxylation is 1. The molecule has 2 aromatic rings. The molecule has 1 atom stereocenters. The van der Waals surface area contributed by atoms with Crippen molar-refractivity contribution >= 4 is 15.9 Å². The van der Waals surface area contributed by atoms with Crippen LogP contribution >= 0.6 is 15.9 Å². The van der Waals surface area contributed by atoms with E-state index >= 15 is 0 Å². The van der Waals surface area contributed by atoms with Gasteiger partial charge in [0.05, 0.1) is 11.7 Å². The highest BCUT2D eigenvalue weighted by Gasteiger charge is 2.13. The molecule has 5 nitrogen and oxygen atoms in total. The summed E-state index contributed by atoms with van der Waals surface area (Å²) in [6.07, 6.45) is 0. The monoisotopic (exact) mass is 281 g/mol. The van der Waals surface area contributed by atoms with E-state index in [2.05, 4.69) is 31.5 Å². The van der Waals surface area contributed by atoms with Crippen LogP contribution in [0, 0.1) is 6.92 Å².